The maximum absolute atomic E-state index is 4.56. The largest absolute Gasteiger partial charge is 0.372 e. The van der Waals surface area contributed by atoms with Crippen LogP contribution in [0, 0.1) is 0 Å². The molecule has 1 unspecified atom stereocenters. The molecule has 0 bridgehead atoms. The molecular weight excluding hydrogens is 212 g/mol. The third kappa shape index (κ3) is 1.75. The molecule has 2 heterocycles. The highest BCUT2D eigenvalue weighted by Gasteiger charge is 2.26. The number of hydrogen-bond donors (Lipinski definition) is 1. The van der Waals surface area contributed by atoms with Crippen LogP contribution in [0.2, 0.25) is 0 Å². The Labute approximate surface area is 100 Å². The van der Waals surface area contributed by atoms with Crippen LogP contribution >= 0.6 is 0 Å². The summed E-state index contributed by atoms with van der Waals surface area (Å²) in [4.78, 5) is 13.3. The number of fused-ring (bicyclic) bond motifs is 1. The lowest BCUT2D eigenvalue weighted by atomic mass is 10.0. The van der Waals surface area contributed by atoms with Crippen LogP contribution in [0.4, 0.5) is 5.82 Å². The van der Waals surface area contributed by atoms with Crippen molar-refractivity contribution in [2.75, 3.05) is 12.4 Å². The summed E-state index contributed by atoms with van der Waals surface area (Å²) in [6.07, 6.45) is 7.59. The van der Waals surface area contributed by atoms with Gasteiger partial charge < -0.3 is 5.32 Å². The molecule has 0 saturated heterocycles. The highest BCUT2D eigenvalue weighted by atomic mass is 15.0. The minimum atomic E-state index is 0.298. The van der Waals surface area contributed by atoms with Crippen LogP contribution in [0.25, 0.3) is 0 Å². The first-order chi connectivity index (χ1) is 8.38. The molecule has 2 aromatic rings. The van der Waals surface area contributed by atoms with Gasteiger partial charge in [0.2, 0.25) is 0 Å². The van der Waals surface area contributed by atoms with Gasteiger partial charge in [-0.25, -0.2) is 4.98 Å². The maximum atomic E-state index is 4.56. The fourth-order valence-corrected chi connectivity index (χ4v) is 2.37. The lowest BCUT2D eigenvalue weighted by Gasteiger charge is -2.10. The van der Waals surface area contributed by atoms with E-state index in [4.69, 9.17) is 0 Å². The molecule has 0 aliphatic heterocycles. The van der Waals surface area contributed by atoms with Gasteiger partial charge >= 0.3 is 0 Å². The number of anilines is 1. The standard InChI is InChI=1S/C13H14N4/c1-14-12-8-15-7-11(17-12)10-5-4-9-3-2-6-16-13(9)10/h2-3,6-8,10H,4-5H2,1H3,(H,14,17). The topological polar surface area (TPSA) is 50.7 Å². The van der Waals surface area contributed by atoms with E-state index in [0.717, 1.165) is 30.0 Å². The Bertz CT molecular complexity index is 538. The molecular formula is C13H14N4. The Morgan fingerprint density at radius 3 is 3.18 bits per heavy atom. The molecule has 3 rings (SSSR count). The van der Waals surface area contributed by atoms with Gasteiger partial charge in [-0.15, -0.1) is 0 Å². The van der Waals surface area contributed by atoms with Gasteiger partial charge in [0.1, 0.15) is 5.82 Å². The van der Waals surface area contributed by atoms with Crippen molar-refractivity contribution in [1.29, 1.82) is 0 Å². The number of rotatable bonds is 2. The highest BCUT2D eigenvalue weighted by Crippen LogP contribution is 2.35. The second kappa shape index (κ2) is 4.13. The molecule has 0 aromatic carbocycles. The molecule has 1 atom stereocenters. The molecule has 0 amide bonds. The van der Waals surface area contributed by atoms with Crippen molar-refractivity contribution in [1.82, 2.24) is 15.0 Å². The number of aromatic nitrogens is 3. The molecule has 0 saturated carbocycles. The molecule has 0 radical (unpaired) electrons. The van der Waals surface area contributed by atoms with E-state index < -0.39 is 0 Å². The molecule has 1 N–H and O–H groups in total. The first-order valence-electron chi connectivity index (χ1n) is 5.82. The van der Waals surface area contributed by atoms with Crippen LogP contribution in [-0.4, -0.2) is 22.0 Å². The highest BCUT2D eigenvalue weighted by molar-refractivity contribution is 5.37. The molecule has 1 aliphatic carbocycles. The lowest BCUT2D eigenvalue weighted by molar-refractivity contribution is 0.741. The fraction of sp³-hybridized carbons (Fsp3) is 0.308. The molecule has 4 nitrogen and oxygen atoms in total. The zero-order chi connectivity index (χ0) is 11.7. The van der Waals surface area contributed by atoms with Crippen molar-refractivity contribution < 1.29 is 0 Å². The molecule has 1 aliphatic rings. The van der Waals surface area contributed by atoms with Crippen LogP contribution in [-0.2, 0) is 6.42 Å². The second-order valence-corrected chi connectivity index (χ2v) is 4.22. The van der Waals surface area contributed by atoms with E-state index in [1.165, 1.54) is 5.56 Å². The van der Waals surface area contributed by atoms with E-state index >= 15 is 0 Å². The third-order valence-electron chi connectivity index (χ3n) is 3.22. The maximum Gasteiger partial charge on any atom is 0.144 e. The summed E-state index contributed by atoms with van der Waals surface area (Å²) in [6, 6.07) is 4.15. The van der Waals surface area contributed by atoms with Gasteiger partial charge in [0.25, 0.3) is 0 Å². The van der Waals surface area contributed by atoms with Gasteiger partial charge in [0, 0.05) is 25.4 Å². The van der Waals surface area contributed by atoms with E-state index in [9.17, 15) is 0 Å². The zero-order valence-electron chi connectivity index (χ0n) is 9.72. The number of nitrogens with zero attached hydrogens (tertiary/aromatic N) is 3. The quantitative estimate of drug-likeness (QED) is 0.850. The van der Waals surface area contributed by atoms with Crippen molar-refractivity contribution in [3.05, 3.63) is 47.7 Å². The molecule has 17 heavy (non-hydrogen) atoms. The lowest BCUT2D eigenvalue weighted by Crippen LogP contribution is -2.04. The Kier molecular flexibility index (Phi) is 2.48. The van der Waals surface area contributed by atoms with E-state index in [1.807, 2.05) is 25.5 Å². The van der Waals surface area contributed by atoms with E-state index in [0.29, 0.717) is 5.92 Å². The first-order valence-corrected chi connectivity index (χ1v) is 5.82. The molecule has 0 fully saturated rings. The monoisotopic (exact) mass is 226 g/mol. The minimum Gasteiger partial charge on any atom is -0.372 e. The average Bonchev–Trinajstić information content (AvgIpc) is 2.82. The van der Waals surface area contributed by atoms with Crippen LogP contribution in [0.5, 0.6) is 0 Å². The predicted molar refractivity (Wildman–Crippen MR) is 66.0 cm³/mol. The van der Waals surface area contributed by atoms with E-state index in [2.05, 4.69) is 26.3 Å². The van der Waals surface area contributed by atoms with Crippen molar-refractivity contribution in [2.24, 2.45) is 0 Å². The van der Waals surface area contributed by atoms with Crippen molar-refractivity contribution in [2.45, 2.75) is 18.8 Å². The Morgan fingerprint density at radius 2 is 2.29 bits per heavy atom. The Morgan fingerprint density at radius 1 is 1.35 bits per heavy atom. The molecule has 86 valence electrons. The zero-order valence-corrected chi connectivity index (χ0v) is 9.72. The Hall–Kier alpha value is -1.97. The van der Waals surface area contributed by atoms with Crippen LogP contribution in [0.3, 0.4) is 0 Å². The molecule has 0 spiro atoms. The van der Waals surface area contributed by atoms with Crippen LogP contribution < -0.4 is 5.32 Å². The number of hydrogen-bond acceptors (Lipinski definition) is 4. The second-order valence-electron chi connectivity index (χ2n) is 4.22. The summed E-state index contributed by atoms with van der Waals surface area (Å²) in [5.41, 5.74) is 3.51. The summed E-state index contributed by atoms with van der Waals surface area (Å²) >= 11 is 0. The van der Waals surface area contributed by atoms with E-state index in [-0.39, 0.29) is 0 Å². The SMILES string of the molecule is CNc1cncc(C2CCc3cccnc32)n1. The molecule has 4 heteroatoms. The van der Waals surface area contributed by atoms with Gasteiger partial charge in [-0.2, -0.15) is 0 Å². The van der Waals surface area contributed by atoms with Crippen molar-refractivity contribution >= 4 is 5.82 Å². The third-order valence-corrected chi connectivity index (χ3v) is 3.22. The summed E-state index contributed by atoms with van der Waals surface area (Å²) in [6.45, 7) is 0. The Balaban J connectivity index is 2.01. The first kappa shape index (κ1) is 10.2. The van der Waals surface area contributed by atoms with E-state index in [1.54, 1.807) is 6.20 Å². The normalized spacial score (nSPS) is 17.8. The van der Waals surface area contributed by atoms with Gasteiger partial charge in [0.05, 0.1) is 17.6 Å². The number of aryl methyl sites for hydroxylation is 1. The van der Waals surface area contributed by atoms with Gasteiger partial charge in [-0.1, -0.05) is 6.07 Å². The fourth-order valence-electron chi connectivity index (χ4n) is 2.37. The van der Waals surface area contributed by atoms with Crippen LogP contribution in [0.15, 0.2) is 30.7 Å². The summed E-state index contributed by atoms with van der Waals surface area (Å²) in [5.74, 6) is 1.11. The minimum absolute atomic E-state index is 0.298. The van der Waals surface area contributed by atoms with Gasteiger partial charge in [-0.3, -0.25) is 9.97 Å². The van der Waals surface area contributed by atoms with Gasteiger partial charge in [-0.05, 0) is 24.5 Å². The van der Waals surface area contributed by atoms with Crippen molar-refractivity contribution in [3.8, 4) is 0 Å². The van der Waals surface area contributed by atoms with Gasteiger partial charge in [0.15, 0.2) is 0 Å². The number of nitrogens with one attached hydrogen (secondary N) is 1. The summed E-state index contributed by atoms with van der Waals surface area (Å²) < 4.78 is 0. The van der Waals surface area contributed by atoms with Crippen molar-refractivity contribution in [3.63, 3.8) is 0 Å². The summed E-state index contributed by atoms with van der Waals surface area (Å²) in [5, 5.41) is 3.02. The van der Waals surface area contributed by atoms with Crippen LogP contribution in [0.1, 0.15) is 29.3 Å². The predicted octanol–water partition coefficient (Wildman–Crippen LogP) is 1.99. The average molecular weight is 226 g/mol. The smallest absolute Gasteiger partial charge is 0.144 e. The number of pyridine rings is 1. The molecule has 2 aromatic heterocycles. The summed E-state index contributed by atoms with van der Waals surface area (Å²) in [7, 11) is 1.86.